The third-order valence-corrected chi connectivity index (χ3v) is 65.4. The van der Waals surface area contributed by atoms with E-state index in [2.05, 4.69) is 78.6 Å². The van der Waals surface area contributed by atoms with E-state index in [-0.39, 0.29) is 118 Å². The van der Waals surface area contributed by atoms with Crippen molar-refractivity contribution in [2.45, 2.75) is 103 Å². The molecule has 24 heavy (non-hydrogen) atoms. The maximum Gasteiger partial charge on any atom is 1.00 e. The zero-order chi connectivity index (χ0) is 18.0. The molecule has 0 N–H and O–H groups in total. The van der Waals surface area contributed by atoms with Gasteiger partial charge in [-0.3, -0.25) is 15.7 Å². The standard InChI is InChI=1S/C16H44Si6.2K/c1-19(2,3)17(20(4,5)6)15-13-14-16-18(21(7,8)9)22(10,11)12;;/h13-16H2,1-12H3;;/q-2;2*+1. The Morgan fingerprint density at radius 3 is 0.708 bits per heavy atom. The van der Waals surface area contributed by atoms with Crippen LogP contribution in [0.25, 0.3) is 0 Å². The van der Waals surface area contributed by atoms with E-state index in [1.54, 1.807) is 24.9 Å². The van der Waals surface area contributed by atoms with E-state index in [9.17, 15) is 0 Å². The molecule has 0 saturated heterocycles. The molecule has 0 fully saturated rings. The van der Waals surface area contributed by atoms with Crippen LogP contribution in [0.1, 0.15) is 12.8 Å². The summed E-state index contributed by atoms with van der Waals surface area (Å²) in [6.45, 7) is 31.8. The molecular weight excluding hydrogens is 439 g/mol. The van der Waals surface area contributed by atoms with Crippen molar-refractivity contribution in [3.05, 3.63) is 0 Å². The van der Waals surface area contributed by atoms with Crippen LogP contribution in [0.2, 0.25) is 90.7 Å². The van der Waals surface area contributed by atoms with Crippen molar-refractivity contribution < 1.29 is 103 Å². The summed E-state index contributed by atoms with van der Waals surface area (Å²) in [7, 11) is -3.60. The first kappa shape index (κ1) is 33.2. The van der Waals surface area contributed by atoms with Crippen LogP contribution in [-0.2, 0) is 0 Å². The predicted molar refractivity (Wildman–Crippen MR) is 124 cm³/mol. The minimum Gasteiger partial charge on any atom is -0.254 e. The Balaban J connectivity index is -0.00000220. The van der Waals surface area contributed by atoms with Gasteiger partial charge in [-0.1, -0.05) is 91.4 Å². The normalized spacial score (nSPS) is 13.8. The first-order valence-corrected chi connectivity index (χ1v) is 30.6. The van der Waals surface area contributed by atoms with Crippen LogP contribution < -0.4 is 103 Å². The summed E-state index contributed by atoms with van der Waals surface area (Å²) in [6, 6.07) is 3.28. The fourth-order valence-corrected chi connectivity index (χ4v) is 78.2. The Morgan fingerprint density at radius 2 is 0.583 bits per heavy atom. The van der Waals surface area contributed by atoms with Gasteiger partial charge < -0.3 is 0 Å². The average Bonchev–Trinajstić information content (AvgIpc) is 2.14. The van der Waals surface area contributed by atoms with E-state index in [0.29, 0.717) is 0 Å². The number of unbranched alkanes of at least 4 members (excludes halogenated alkanes) is 1. The monoisotopic (exact) mass is 482 g/mol. The van der Waals surface area contributed by atoms with Crippen molar-refractivity contribution in [2.75, 3.05) is 0 Å². The van der Waals surface area contributed by atoms with Crippen molar-refractivity contribution in [1.29, 1.82) is 0 Å². The van der Waals surface area contributed by atoms with Gasteiger partial charge in [-0.25, -0.2) is 0 Å². The van der Waals surface area contributed by atoms with Gasteiger partial charge in [-0.05, 0) is 0 Å². The van der Waals surface area contributed by atoms with Gasteiger partial charge in [0.1, 0.15) is 0 Å². The Kier molecular flexibility index (Phi) is 18.1. The van der Waals surface area contributed by atoms with E-state index in [0.717, 1.165) is 0 Å². The van der Waals surface area contributed by atoms with Crippen LogP contribution in [0.15, 0.2) is 0 Å². The van der Waals surface area contributed by atoms with Crippen LogP contribution in [0.4, 0.5) is 0 Å². The minimum atomic E-state index is -0.883. The zero-order valence-electron chi connectivity index (χ0n) is 19.8. The summed E-state index contributed by atoms with van der Waals surface area (Å²) >= 11 is 0. The molecule has 0 aromatic rings. The van der Waals surface area contributed by atoms with Crippen molar-refractivity contribution in [3.63, 3.8) is 0 Å². The fraction of sp³-hybridized carbons (Fsp3) is 1.00. The number of rotatable bonds is 9. The molecule has 0 amide bonds. The first-order chi connectivity index (χ1) is 9.47. The smallest absolute Gasteiger partial charge is 0.254 e. The molecule has 0 aliphatic carbocycles. The summed E-state index contributed by atoms with van der Waals surface area (Å²) in [6.07, 6.45) is 3.12. The number of hydrogen-bond donors (Lipinski definition) is 0. The van der Waals surface area contributed by atoms with E-state index < -0.39 is 30.4 Å². The average molecular weight is 483 g/mol. The molecule has 134 valence electrons. The van der Waals surface area contributed by atoms with Gasteiger partial charge >= 0.3 is 103 Å². The Hall–Kier alpha value is 4.57. The second-order valence-electron chi connectivity index (χ2n) is 11.2. The summed E-state index contributed by atoms with van der Waals surface area (Å²) in [4.78, 5) is 0. The van der Waals surface area contributed by atoms with Gasteiger partial charge in [-0.2, -0.15) is 12.1 Å². The second-order valence-corrected chi connectivity index (χ2v) is 60.3. The molecule has 8 heteroatoms. The fourth-order valence-electron chi connectivity index (χ4n) is 4.35. The Labute approximate surface area is 247 Å². The molecule has 0 aliphatic heterocycles. The SMILES string of the molecule is C[Si](C)(C)[Si-](CCCC[Si-]([Si](C)(C)C)[Si](C)(C)C)[Si](C)(C)C.[K+].[K+]. The van der Waals surface area contributed by atoms with Gasteiger partial charge in [0, 0.05) is 0 Å². The van der Waals surface area contributed by atoms with Crippen molar-refractivity contribution >= 4 is 46.0 Å². The van der Waals surface area contributed by atoms with Crippen LogP contribution in [-0.4, -0.2) is 46.0 Å². The third kappa shape index (κ3) is 13.7. The molecule has 0 heterocycles. The van der Waals surface area contributed by atoms with E-state index in [4.69, 9.17) is 0 Å². The molecule has 0 unspecified atom stereocenters. The van der Waals surface area contributed by atoms with Gasteiger partial charge in [0.25, 0.3) is 0 Å². The van der Waals surface area contributed by atoms with Gasteiger partial charge in [-0.15, -0.1) is 30.4 Å². The molecule has 0 atom stereocenters. The van der Waals surface area contributed by atoms with Crippen LogP contribution in [0.5, 0.6) is 0 Å². The maximum absolute atomic E-state index is 2.65. The predicted octanol–water partition coefficient (Wildman–Crippen LogP) is 0.431. The first-order valence-electron chi connectivity index (χ1n) is 9.21. The second kappa shape index (κ2) is 13.1. The molecule has 0 nitrogen and oxygen atoms in total. The van der Waals surface area contributed by atoms with Gasteiger partial charge in [0.2, 0.25) is 0 Å². The zero-order valence-corrected chi connectivity index (χ0v) is 32.1. The third-order valence-electron chi connectivity index (χ3n) is 4.72. The molecule has 0 rings (SSSR count). The molecule has 0 bridgehead atoms. The topological polar surface area (TPSA) is 0 Å². The maximum atomic E-state index is 2.65. The Morgan fingerprint density at radius 1 is 0.417 bits per heavy atom. The van der Waals surface area contributed by atoms with Crippen LogP contribution in [0.3, 0.4) is 0 Å². The van der Waals surface area contributed by atoms with Crippen molar-refractivity contribution in [3.8, 4) is 0 Å². The van der Waals surface area contributed by atoms with Gasteiger partial charge in [0.15, 0.2) is 0 Å². The van der Waals surface area contributed by atoms with Crippen molar-refractivity contribution in [1.82, 2.24) is 0 Å². The summed E-state index contributed by atoms with van der Waals surface area (Å²) in [5.74, 6) is 0. The van der Waals surface area contributed by atoms with Gasteiger partial charge in [0.05, 0.1) is 0 Å². The molecular formula is C16H44K2Si6. The number of hydrogen-bond acceptors (Lipinski definition) is 0. The van der Waals surface area contributed by atoms with E-state index >= 15 is 0 Å². The molecule has 0 aromatic heterocycles. The Bertz CT molecular complexity index is 274. The molecule has 0 radical (unpaired) electrons. The van der Waals surface area contributed by atoms with E-state index in [1.807, 2.05) is 0 Å². The summed E-state index contributed by atoms with van der Waals surface area (Å²) in [5, 5.41) is 0. The molecule has 0 aromatic carbocycles. The molecule has 0 saturated carbocycles. The quantitative estimate of drug-likeness (QED) is 0.330. The minimum absolute atomic E-state index is 0. The molecule has 0 aliphatic rings. The van der Waals surface area contributed by atoms with Crippen LogP contribution in [0, 0.1) is 0 Å². The summed E-state index contributed by atoms with van der Waals surface area (Å²) < 4.78 is 0. The largest absolute Gasteiger partial charge is 1.00 e. The van der Waals surface area contributed by atoms with E-state index in [1.165, 1.54) is 0 Å². The molecule has 0 spiro atoms. The van der Waals surface area contributed by atoms with Crippen molar-refractivity contribution in [2.24, 2.45) is 0 Å². The summed E-state index contributed by atoms with van der Waals surface area (Å²) in [5.41, 5.74) is 0. The van der Waals surface area contributed by atoms with Crippen LogP contribution >= 0.6 is 0 Å².